The molecule has 1 unspecified atom stereocenters. The van der Waals surface area contributed by atoms with Gasteiger partial charge < -0.3 is 5.32 Å². The summed E-state index contributed by atoms with van der Waals surface area (Å²) in [4.78, 5) is 0. The van der Waals surface area contributed by atoms with Crippen LogP contribution in [0.15, 0.2) is 24.3 Å². The van der Waals surface area contributed by atoms with E-state index in [1.54, 1.807) is 0 Å². The molecule has 3 nitrogen and oxygen atoms in total. The van der Waals surface area contributed by atoms with E-state index in [1.807, 2.05) is 7.05 Å². The maximum atomic E-state index is 4.67. The summed E-state index contributed by atoms with van der Waals surface area (Å²) in [6, 6.07) is 9.34. The van der Waals surface area contributed by atoms with E-state index in [1.165, 1.54) is 28.1 Å². The van der Waals surface area contributed by atoms with Crippen molar-refractivity contribution in [1.82, 2.24) is 15.1 Å². The average molecular weight is 285 g/mol. The zero-order valence-electron chi connectivity index (χ0n) is 13.9. The van der Waals surface area contributed by atoms with Gasteiger partial charge in [0.05, 0.1) is 17.4 Å². The van der Waals surface area contributed by atoms with Crippen LogP contribution >= 0.6 is 0 Å². The SMILES string of the molecule is CCc1cc(C(Cc2cc(C)cc(C)c2)NC)n(CC)n1. The summed E-state index contributed by atoms with van der Waals surface area (Å²) < 4.78 is 2.13. The molecule has 21 heavy (non-hydrogen) atoms. The maximum Gasteiger partial charge on any atom is 0.0625 e. The Morgan fingerprint density at radius 1 is 1.10 bits per heavy atom. The Kier molecular flexibility index (Phi) is 5.18. The molecule has 0 radical (unpaired) electrons. The van der Waals surface area contributed by atoms with E-state index in [4.69, 9.17) is 0 Å². The fraction of sp³-hybridized carbons (Fsp3) is 0.500. The van der Waals surface area contributed by atoms with Crippen molar-refractivity contribution in [2.75, 3.05) is 7.05 Å². The van der Waals surface area contributed by atoms with Gasteiger partial charge in [-0.2, -0.15) is 5.10 Å². The van der Waals surface area contributed by atoms with Crippen LogP contribution in [0.1, 0.15) is 48.0 Å². The van der Waals surface area contributed by atoms with Crippen LogP contribution in [0, 0.1) is 13.8 Å². The van der Waals surface area contributed by atoms with Crippen LogP contribution in [0.3, 0.4) is 0 Å². The fourth-order valence-corrected chi connectivity index (χ4v) is 2.97. The summed E-state index contributed by atoms with van der Waals surface area (Å²) in [5, 5.41) is 8.13. The van der Waals surface area contributed by atoms with Gasteiger partial charge in [0.25, 0.3) is 0 Å². The highest BCUT2D eigenvalue weighted by Gasteiger charge is 2.16. The van der Waals surface area contributed by atoms with Gasteiger partial charge in [0.15, 0.2) is 0 Å². The molecule has 1 N–H and O–H groups in total. The first-order chi connectivity index (χ1) is 10.1. The van der Waals surface area contributed by atoms with Gasteiger partial charge in [-0.1, -0.05) is 36.2 Å². The van der Waals surface area contributed by atoms with Crippen LogP contribution in [0.25, 0.3) is 0 Å². The number of benzene rings is 1. The Bertz CT molecular complexity index is 578. The molecule has 1 heterocycles. The van der Waals surface area contributed by atoms with Crippen molar-refractivity contribution in [3.63, 3.8) is 0 Å². The van der Waals surface area contributed by atoms with Gasteiger partial charge in [0.2, 0.25) is 0 Å². The highest BCUT2D eigenvalue weighted by molar-refractivity contribution is 5.30. The van der Waals surface area contributed by atoms with Crippen molar-refractivity contribution in [2.24, 2.45) is 0 Å². The van der Waals surface area contributed by atoms with Crippen LogP contribution < -0.4 is 5.32 Å². The lowest BCUT2D eigenvalue weighted by atomic mass is 9.99. The van der Waals surface area contributed by atoms with E-state index < -0.39 is 0 Å². The Hall–Kier alpha value is -1.61. The molecule has 0 bridgehead atoms. The third kappa shape index (κ3) is 3.73. The number of aromatic nitrogens is 2. The first-order valence-corrected chi connectivity index (χ1v) is 7.88. The number of rotatable bonds is 6. The van der Waals surface area contributed by atoms with E-state index in [0.717, 1.165) is 19.4 Å². The van der Waals surface area contributed by atoms with Gasteiger partial charge in [0.1, 0.15) is 0 Å². The minimum atomic E-state index is 0.305. The van der Waals surface area contributed by atoms with Crippen LogP contribution in [0.2, 0.25) is 0 Å². The predicted molar refractivity (Wildman–Crippen MR) is 88.7 cm³/mol. The third-order valence-corrected chi connectivity index (χ3v) is 3.95. The molecule has 0 fully saturated rings. The molecule has 1 aromatic carbocycles. The van der Waals surface area contributed by atoms with Crippen molar-refractivity contribution in [2.45, 2.75) is 53.1 Å². The third-order valence-electron chi connectivity index (χ3n) is 3.95. The number of hydrogen-bond acceptors (Lipinski definition) is 2. The first kappa shape index (κ1) is 15.8. The second-order valence-electron chi connectivity index (χ2n) is 5.77. The van der Waals surface area contributed by atoms with Gasteiger partial charge in [-0.3, -0.25) is 4.68 Å². The molecule has 0 saturated heterocycles. The predicted octanol–water partition coefficient (Wildman–Crippen LogP) is 3.59. The topological polar surface area (TPSA) is 29.9 Å². The molecule has 2 rings (SSSR count). The van der Waals surface area contributed by atoms with E-state index in [2.05, 4.69) is 67.1 Å². The van der Waals surface area contributed by atoms with Gasteiger partial charge >= 0.3 is 0 Å². The zero-order valence-corrected chi connectivity index (χ0v) is 13.9. The van der Waals surface area contributed by atoms with Crippen molar-refractivity contribution in [3.8, 4) is 0 Å². The monoisotopic (exact) mass is 285 g/mol. The van der Waals surface area contributed by atoms with Gasteiger partial charge in [0, 0.05) is 6.54 Å². The van der Waals surface area contributed by atoms with E-state index in [9.17, 15) is 0 Å². The number of hydrogen-bond donors (Lipinski definition) is 1. The first-order valence-electron chi connectivity index (χ1n) is 7.88. The second-order valence-corrected chi connectivity index (χ2v) is 5.77. The summed E-state index contributed by atoms with van der Waals surface area (Å²) in [5.74, 6) is 0. The molecule has 1 atom stereocenters. The molecule has 2 aromatic rings. The Balaban J connectivity index is 2.29. The number of nitrogens with zero attached hydrogens (tertiary/aromatic N) is 2. The summed E-state index contributed by atoms with van der Waals surface area (Å²) in [5.41, 5.74) is 6.51. The standard InChI is InChI=1S/C18H27N3/c1-6-16-12-18(21(7-2)20-16)17(19-5)11-15-9-13(3)8-14(4)10-15/h8-10,12,17,19H,6-7,11H2,1-5H3. The highest BCUT2D eigenvalue weighted by atomic mass is 15.3. The Morgan fingerprint density at radius 3 is 2.29 bits per heavy atom. The lowest BCUT2D eigenvalue weighted by Gasteiger charge is -2.18. The molecule has 114 valence electrons. The van der Waals surface area contributed by atoms with Crippen LogP contribution in [-0.2, 0) is 19.4 Å². The average Bonchev–Trinajstić information content (AvgIpc) is 2.87. The maximum absolute atomic E-state index is 4.67. The van der Waals surface area contributed by atoms with Gasteiger partial charge in [-0.25, -0.2) is 0 Å². The van der Waals surface area contributed by atoms with Crippen LogP contribution in [0.4, 0.5) is 0 Å². The Morgan fingerprint density at radius 2 is 1.76 bits per heavy atom. The van der Waals surface area contributed by atoms with Crippen LogP contribution in [-0.4, -0.2) is 16.8 Å². The molecule has 0 aliphatic heterocycles. The van der Waals surface area contributed by atoms with Crippen molar-refractivity contribution >= 4 is 0 Å². The summed E-state index contributed by atoms with van der Waals surface area (Å²) in [6.07, 6.45) is 1.98. The van der Waals surface area contributed by atoms with Crippen molar-refractivity contribution < 1.29 is 0 Å². The van der Waals surface area contributed by atoms with Gasteiger partial charge in [-0.15, -0.1) is 0 Å². The molecule has 1 aromatic heterocycles. The highest BCUT2D eigenvalue weighted by Crippen LogP contribution is 2.21. The van der Waals surface area contributed by atoms with E-state index in [-0.39, 0.29) is 0 Å². The zero-order chi connectivity index (χ0) is 15.4. The largest absolute Gasteiger partial charge is 0.311 e. The summed E-state index contributed by atoms with van der Waals surface area (Å²) >= 11 is 0. The quantitative estimate of drug-likeness (QED) is 0.879. The lowest BCUT2D eigenvalue weighted by molar-refractivity contribution is 0.512. The molecule has 0 aliphatic rings. The molecule has 0 aliphatic carbocycles. The van der Waals surface area contributed by atoms with Crippen molar-refractivity contribution in [1.29, 1.82) is 0 Å². The minimum Gasteiger partial charge on any atom is -0.311 e. The molecule has 0 spiro atoms. The molecule has 3 heteroatoms. The normalized spacial score (nSPS) is 12.6. The Labute approximate surface area is 128 Å². The number of nitrogens with one attached hydrogen (secondary N) is 1. The smallest absolute Gasteiger partial charge is 0.0625 e. The van der Waals surface area contributed by atoms with Crippen molar-refractivity contribution in [3.05, 3.63) is 52.3 Å². The molecular weight excluding hydrogens is 258 g/mol. The molecular formula is C18H27N3. The lowest BCUT2D eigenvalue weighted by Crippen LogP contribution is -2.22. The summed E-state index contributed by atoms with van der Waals surface area (Å²) in [6.45, 7) is 9.55. The number of likely N-dealkylation sites (N-methyl/N-ethyl adjacent to an activating group) is 1. The van der Waals surface area contributed by atoms with E-state index in [0.29, 0.717) is 6.04 Å². The van der Waals surface area contributed by atoms with Gasteiger partial charge in [-0.05, 0) is 52.3 Å². The second kappa shape index (κ2) is 6.90. The van der Waals surface area contributed by atoms with Crippen LogP contribution in [0.5, 0.6) is 0 Å². The van der Waals surface area contributed by atoms with E-state index >= 15 is 0 Å². The number of aryl methyl sites for hydroxylation is 4. The fourth-order valence-electron chi connectivity index (χ4n) is 2.97. The minimum absolute atomic E-state index is 0.305. The summed E-state index contributed by atoms with van der Waals surface area (Å²) in [7, 11) is 2.03. The molecule has 0 amide bonds. The molecule has 0 saturated carbocycles.